The number of anilines is 1. The lowest BCUT2D eigenvalue weighted by atomic mass is 9.97. The van der Waals surface area contributed by atoms with E-state index in [4.69, 9.17) is 9.47 Å². The number of likely N-dealkylation sites (tertiary alicyclic amines) is 1. The third-order valence-corrected chi connectivity index (χ3v) is 5.97. The molecule has 1 saturated heterocycles. The van der Waals surface area contributed by atoms with Crippen LogP contribution in [0.2, 0.25) is 0 Å². The fraction of sp³-hybridized carbons (Fsp3) is 0.280. The summed E-state index contributed by atoms with van der Waals surface area (Å²) in [4.78, 5) is 26.3. The van der Waals surface area contributed by atoms with Gasteiger partial charge in [-0.3, -0.25) is 9.59 Å². The summed E-state index contributed by atoms with van der Waals surface area (Å²) < 4.78 is 11.4. The van der Waals surface area contributed by atoms with Gasteiger partial charge >= 0.3 is 0 Å². The third kappa shape index (κ3) is 4.19. The van der Waals surface area contributed by atoms with Crippen LogP contribution in [0.3, 0.4) is 0 Å². The van der Waals surface area contributed by atoms with Crippen molar-refractivity contribution < 1.29 is 19.1 Å². The van der Waals surface area contributed by atoms with Gasteiger partial charge in [0.15, 0.2) is 6.61 Å². The number of hydrogen-bond acceptors (Lipinski definition) is 4. The molecular weight excluding hydrogens is 392 g/mol. The molecule has 0 unspecified atom stereocenters. The summed E-state index contributed by atoms with van der Waals surface area (Å²) in [5.41, 5.74) is 1.12. The van der Waals surface area contributed by atoms with E-state index in [0.29, 0.717) is 42.6 Å². The molecule has 0 bridgehead atoms. The van der Waals surface area contributed by atoms with Gasteiger partial charge < -0.3 is 19.7 Å². The van der Waals surface area contributed by atoms with Crippen molar-refractivity contribution in [3.05, 3.63) is 66.2 Å². The predicted octanol–water partition coefficient (Wildman–Crippen LogP) is 4.10. The number of benzene rings is 3. The van der Waals surface area contributed by atoms with E-state index in [9.17, 15) is 9.59 Å². The summed E-state index contributed by atoms with van der Waals surface area (Å²) >= 11 is 0. The molecule has 2 amide bonds. The molecular formula is C25H24N2O4. The summed E-state index contributed by atoms with van der Waals surface area (Å²) in [7, 11) is 0. The Morgan fingerprint density at radius 3 is 2.68 bits per heavy atom. The first-order valence-corrected chi connectivity index (χ1v) is 10.6. The van der Waals surface area contributed by atoms with E-state index >= 15 is 0 Å². The minimum atomic E-state index is -0.204. The number of fused-ring (bicyclic) bond motifs is 2. The maximum absolute atomic E-state index is 12.9. The van der Waals surface area contributed by atoms with Gasteiger partial charge in [0, 0.05) is 18.7 Å². The number of hydrogen-bond donors (Lipinski definition) is 1. The van der Waals surface area contributed by atoms with Crippen molar-refractivity contribution in [1.29, 1.82) is 0 Å². The molecule has 0 aliphatic carbocycles. The molecule has 1 fully saturated rings. The van der Waals surface area contributed by atoms with E-state index in [2.05, 4.69) is 29.6 Å². The van der Waals surface area contributed by atoms with E-state index in [1.54, 1.807) is 18.2 Å². The largest absolute Gasteiger partial charge is 0.493 e. The summed E-state index contributed by atoms with van der Waals surface area (Å²) in [6, 6.07) is 19.6. The molecule has 0 atom stereocenters. The first kappa shape index (κ1) is 19.4. The zero-order chi connectivity index (χ0) is 21.2. The van der Waals surface area contributed by atoms with E-state index in [-0.39, 0.29) is 18.4 Å². The van der Waals surface area contributed by atoms with Crippen molar-refractivity contribution in [2.45, 2.75) is 12.8 Å². The molecule has 5 rings (SSSR count). The van der Waals surface area contributed by atoms with Crippen LogP contribution in [0.15, 0.2) is 60.7 Å². The molecule has 1 N–H and O–H groups in total. The maximum atomic E-state index is 12.9. The number of piperidine rings is 1. The lowest BCUT2D eigenvalue weighted by molar-refractivity contribution is -0.118. The van der Waals surface area contributed by atoms with Gasteiger partial charge in [0.25, 0.3) is 11.8 Å². The first-order chi connectivity index (χ1) is 15.2. The SMILES string of the molecule is O=C1COc2ccc(C(=O)N3CCC(COc4ccc5ccccc5c4)CC3)cc2N1. The van der Waals surface area contributed by atoms with Gasteiger partial charge in [0.1, 0.15) is 11.5 Å². The molecule has 0 radical (unpaired) electrons. The Hall–Kier alpha value is -3.54. The monoisotopic (exact) mass is 416 g/mol. The van der Waals surface area contributed by atoms with Crippen molar-refractivity contribution in [2.24, 2.45) is 5.92 Å². The zero-order valence-corrected chi connectivity index (χ0v) is 17.2. The van der Waals surface area contributed by atoms with Crippen LogP contribution < -0.4 is 14.8 Å². The van der Waals surface area contributed by atoms with Gasteiger partial charge in [-0.1, -0.05) is 30.3 Å². The predicted molar refractivity (Wildman–Crippen MR) is 119 cm³/mol. The number of nitrogens with zero attached hydrogens (tertiary/aromatic N) is 1. The van der Waals surface area contributed by atoms with Crippen LogP contribution in [0.4, 0.5) is 5.69 Å². The third-order valence-electron chi connectivity index (χ3n) is 5.97. The average Bonchev–Trinajstić information content (AvgIpc) is 2.82. The van der Waals surface area contributed by atoms with Gasteiger partial charge in [-0.05, 0) is 59.9 Å². The van der Waals surface area contributed by atoms with E-state index in [0.717, 1.165) is 18.6 Å². The summed E-state index contributed by atoms with van der Waals surface area (Å²) in [5, 5.41) is 5.13. The second kappa shape index (κ2) is 8.30. The van der Waals surface area contributed by atoms with Gasteiger partial charge in [-0.2, -0.15) is 0 Å². The molecule has 158 valence electrons. The molecule has 2 aliphatic heterocycles. The smallest absolute Gasteiger partial charge is 0.262 e. The average molecular weight is 416 g/mol. The van der Waals surface area contributed by atoms with E-state index in [1.165, 1.54) is 10.8 Å². The van der Waals surface area contributed by atoms with E-state index in [1.807, 2.05) is 23.1 Å². The highest BCUT2D eigenvalue weighted by atomic mass is 16.5. The Bertz CT molecular complexity index is 1140. The quantitative estimate of drug-likeness (QED) is 0.695. The number of carbonyl (C=O) groups is 2. The highest BCUT2D eigenvalue weighted by molar-refractivity contribution is 5.99. The topological polar surface area (TPSA) is 67.9 Å². The lowest BCUT2D eigenvalue weighted by Crippen LogP contribution is -2.39. The fourth-order valence-corrected chi connectivity index (χ4v) is 4.17. The minimum Gasteiger partial charge on any atom is -0.493 e. The Kier molecular flexibility index (Phi) is 5.20. The Morgan fingerprint density at radius 2 is 1.84 bits per heavy atom. The Balaban J connectivity index is 1.16. The number of ether oxygens (including phenoxy) is 2. The summed E-state index contributed by atoms with van der Waals surface area (Å²) in [6.07, 6.45) is 1.81. The van der Waals surface area contributed by atoms with Crippen LogP contribution in [0.25, 0.3) is 10.8 Å². The summed E-state index contributed by atoms with van der Waals surface area (Å²) in [6.45, 7) is 2.06. The first-order valence-electron chi connectivity index (χ1n) is 10.6. The lowest BCUT2D eigenvalue weighted by Gasteiger charge is -2.32. The van der Waals surface area contributed by atoms with Crippen molar-refractivity contribution in [3.8, 4) is 11.5 Å². The van der Waals surface area contributed by atoms with Gasteiger partial charge in [0.2, 0.25) is 0 Å². The van der Waals surface area contributed by atoms with Gasteiger partial charge in [-0.15, -0.1) is 0 Å². The Labute approximate surface area is 180 Å². The summed E-state index contributed by atoms with van der Waals surface area (Å²) in [5.74, 6) is 1.68. The highest BCUT2D eigenvalue weighted by Crippen LogP contribution is 2.30. The molecule has 3 aromatic carbocycles. The van der Waals surface area contributed by atoms with Crippen molar-refractivity contribution >= 4 is 28.3 Å². The number of rotatable bonds is 4. The number of amides is 2. The standard InChI is InChI=1S/C25H24N2O4/c28-24-16-31-23-8-6-20(14-22(23)26-24)25(29)27-11-9-17(10-12-27)15-30-21-7-5-18-3-1-2-4-19(18)13-21/h1-8,13-14,17H,9-12,15-16H2,(H,26,28). The van der Waals surface area contributed by atoms with Gasteiger partial charge in [0.05, 0.1) is 12.3 Å². The van der Waals surface area contributed by atoms with Crippen molar-refractivity contribution in [3.63, 3.8) is 0 Å². The molecule has 0 saturated carbocycles. The second-order valence-electron chi connectivity index (χ2n) is 8.10. The molecule has 2 heterocycles. The zero-order valence-electron chi connectivity index (χ0n) is 17.2. The normalized spacial score (nSPS) is 16.4. The van der Waals surface area contributed by atoms with Crippen LogP contribution in [0.5, 0.6) is 11.5 Å². The maximum Gasteiger partial charge on any atom is 0.262 e. The molecule has 0 aromatic heterocycles. The fourth-order valence-electron chi connectivity index (χ4n) is 4.17. The molecule has 31 heavy (non-hydrogen) atoms. The number of nitrogens with one attached hydrogen (secondary N) is 1. The molecule has 6 nitrogen and oxygen atoms in total. The molecule has 6 heteroatoms. The van der Waals surface area contributed by atoms with Crippen molar-refractivity contribution in [1.82, 2.24) is 4.90 Å². The van der Waals surface area contributed by atoms with Crippen LogP contribution in [0.1, 0.15) is 23.2 Å². The molecule has 0 spiro atoms. The Morgan fingerprint density at radius 1 is 1.03 bits per heavy atom. The highest BCUT2D eigenvalue weighted by Gasteiger charge is 2.25. The number of carbonyl (C=O) groups excluding carboxylic acids is 2. The van der Waals surface area contributed by atoms with E-state index < -0.39 is 0 Å². The van der Waals surface area contributed by atoms with Gasteiger partial charge in [-0.25, -0.2) is 0 Å². The molecule has 2 aliphatic rings. The van der Waals surface area contributed by atoms with Crippen LogP contribution >= 0.6 is 0 Å². The van der Waals surface area contributed by atoms with Crippen LogP contribution in [-0.4, -0.2) is 43.0 Å². The van der Waals surface area contributed by atoms with Crippen LogP contribution in [-0.2, 0) is 4.79 Å². The van der Waals surface area contributed by atoms with Crippen molar-refractivity contribution in [2.75, 3.05) is 31.6 Å². The van der Waals surface area contributed by atoms with Crippen LogP contribution in [0, 0.1) is 5.92 Å². The minimum absolute atomic E-state index is 0.00901. The second-order valence-corrected chi connectivity index (χ2v) is 8.10. The molecule has 3 aromatic rings.